The second-order valence-electron chi connectivity index (χ2n) is 19.8. The van der Waals surface area contributed by atoms with Gasteiger partial charge in [0, 0.05) is 25.7 Å². The maximum absolute atomic E-state index is 14.1. The normalized spacial score (nSPS) is 24.4. The van der Waals surface area contributed by atoms with Crippen molar-refractivity contribution in [2.45, 2.75) is 239 Å². The number of carbonyl (C=O) groups excluding carboxylic acids is 1. The first-order chi connectivity index (χ1) is 26.7. The van der Waals surface area contributed by atoms with Crippen LogP contribution in [0.4, 0.5) is 0 Å². The SMILES string of the molecule is O=C(c1ccc(C[P+](C2CCCCC2)(C2CCCCC2)C2CCCCC2)cc1)c1ccc(C[P+](C2CCCCC2)(C2CCCCC2)C2CCCCC2)cc1. The van der Waals surface area contributed by atoms with Crippen LogP contribution in [0.3, 0.4) is 0 Å². The van der Waals surface area contributed by atoms with E-state index in [1.54, 1.807) is 11.1 Å². The van der Waals surface area contributed by atoms with Gasteiger partial charge in [0.2, 0.25) is 0 Å². The van der Waals surface area contributed by atoms with Crippen molar-refractivity contribution in [1.82, 2.24) is 0 Å². The van der Waals surface area contributed by atoms with Gasteiger partial charge in [-0.05, 0) is 165 Å². The summed E-state index contributed by atoms with van der Waals surface area (Å²) in [5.41, 5.74) is 11.0. The number of hydrogen-bond donors (Lipinski definition) is 0. The average molecular weight is 769 g/mol. The number of carbonyl (C=O) groups is 1. The molecule has 6 fully saturated rings. The van der Waals surface area contributed by atoms with Gasteiger partial charge in [-0.15, -0.1) is 0 Å². The van der Waals surface area contributed by atoms with Crippen LogP contribution < -0.4 is 0 Å². The molecule has 6 aliphatic rings. The zero-order valence-electron chi connectivity index (χ0n) is 34.5. The van der Waals surface area contributed by atoms with E-state index in [4.69, 9.17) is 0 Å². The average Bonchev–Trinajstić information content (AvgIpc) is 3.27. The van der Waals surface area contributed by atoms with Crippen molar-refractivity contribution >= 4 is 20.3 Å². The summed E-state index contributed by atoms with van der Waals surface area (Å²) in [5.74, 6) is 0.230. The minimum atomic E-state index is -1.18. The van der Waals surface area contributed by atoms with Crippen LogP contribution in [0.5, 0.6) is 0 Å². The molecule has 0 unspecified atom stereocenters. The Kier molecular flexibility index (Phi) is 14.1. The van der Waals surface area contributed by atoms with Gasteiger partial charge in [-0.25, -0.2) is 0 Å². The second-order valence-corrected chi connectivity index (χ2v) is 28.8. The fraction of sp³-hybridized carbons (Fsp3) is 0.745. The molecule has 0 spiro atoms. The van der Waals surface area contributed by atoms with Crippen molar-refractivity contribution in [3.05, 3.63) is 70.8 Å². The summed E-state index contributed by atoms with van der Waals surface area (Å²) in [4.78, 5) is 14.1. The second kappa shape index (κ2) is 19.1. The third-order valence-electron chi connectivity index (χ3n) is 16.9. The Morgan fingerprint density at radius 3 is 0.741 bits per heavy atom. The lowest BCUT2D eigenvalue weighted by molar-refractivity contribution is 0.103. The van der Waals surface area contributed by atoms with E-state index < -0.39 is 14.5 Å². The van der Waals surface area contributed by atoms with Crippen molar-refractivity contribution in [2.75, 3.05) is 0 Å². The highest BCUT2D eigenvalue weighted by Crippen LogP contribution is 2.80. The molecule has 0 aromatic heterocycles. The van der Waals surface area contributed by atoms with Crippen molar-refractivity contribution in [3.63, 3.8) is 0 Å². The van der Waals surface area contributed by atoms with E-state index in [9.17, 15) is 4.79 Å². The molecule has 296 valence electrons. The highest BCUT2D eigenvalue weighted by molar-refractivity contribution is 7.77. The summed E-state index contributed by atoms with van der Waals surface area (Å²) >= 11 is 0. The fourth-order valence-corrected chi connectivity index (χ4v) is 29.0. The van der Waals surface area contributed by atoms with Crippen LogP contribution in [-0.2, 0) is 12.3 Å². The van der Waals surface area contributed by atoms with E-state index in [1.807, 2.05) is 0 Å². The lowest BCUT2D eigenvalue weighted by Gasteiger charge is -2.49. The van der Waals surface area contributed by atoms with Gasteiger partial charge in [-0.1, -0.05) is 87.1 Å². The van der Waals surface area contributed by atoms with Crippen LogP contribution >= 0.6 is 14.5 Å². The number of hydrogen-bond acceptors (Lipinski definition) is 1. The minimum absolute atomic E-state index is 0.230. The zero-order chi connectivity index (χ0) is 36.6. The molecule has 0 atom stereocenters. The van der Waals surface area contributed by atoms with Gasteiger partial charge in [0.25, 0.3) is 0 Å². The molecule has 0 N–H and O–H groups in total. The van der Waals surface area contributed by atoms with Crippen LogP contribution in [-0.4, -0.2) is 39.7 Å². The molecule has 0 amide bonds. The molecule has 6 saturated carbocycles. The lowest BCUT2D eigenvalue weighted by Crippen LogP contribution is -2.37. The van der Waals surface area contributed by atoms with Crippen LogP contribution in [0.25, 0.3) is 0 Å². The largest absolute Gasteiger partial charge is 0.289 e. The van der Waals surface area contributed by atoms with E-state index in [0.717, 1.165) is 45.1 Å². The van der Waals surface area contributed by atoms with E-state index in [1.165, 1.54) is 205 Å². The quantitative estimate of drug-likeness (QED) is 0.155. The molecule has 54 heavy (non-hydrogen) atoms. The van der Waals surface area contributed by atoms with E-state index >= 15 is 0 Å². The highest BCUT2D eigenvalue weighted by atomic mass is 31.2. The van der Waals surface area contributed by atoms with Crippen LogP contribution in [0.1, 0.15) is 220 Å². The molecule has 1 nitrogen and oxygen atoms in total. The van der Waals surface area contributed by atoms with Crippen molar-refractivity contribution in [1.29, 1.82) is 0 Å². The standard InChI is InChI=1S/C51H78OP2/c52-51(43-35-31-41(32-36-43)39-53(45-19-7-1-8-20-45,46-21-9-2-10-22-46)47-23-11-3-12-24-47)44-37-33-42(34-38-44)40-54(48-25-13-4-14-26-48,49-27-15-5-16-28-49)50-29-17-6-18-30-50/h31-38,45-50H,1-30,39-40H2/q+2. The zero-order valence-corrected chi connectivity index (χ0v) is 36.3. The van der Waals surface area contributed by atoms with Gasteiger partial charge in [-0.2, -0.15) is 0 Å². The number of ketones is 1. The molecular formula is C51H78OP2+2. The summed E-state index contributed by atoms with van der Waals surface area (Å²) in [5, 5.41) is 0. The molecule has 3 heteroatoms. The Morgan fingerprint density at radius 1 is 0.333 bits per heavy atom. The minimum Gasteiger partial charge on any atom is -0.289 e. The smallest absolute Gasteiger partial charge is 0.193 e. The summed E-state index contributed by atoms with van der Waals surface area (Å²) < 4.78 is 0. The Morgan fingerprint density at radius 2 is 0.537 bits per heavy atom. The Balaban J connectivity index is 1.02. The predicted molar refractivity (Wildman–Crippen MR) is 239 cm³/mol. The summed E-state index contributed by atoms with van der Waals surface area (Å²) in [7, 11) is -2.36. The van der Waals surface area contributed by atoms with Crippen LogP contribution in [0.2, 0.25) is 0 Å². The topological polar surface area (TPSA) is 17.1 Å². The van der Waals surface area contributed by atoms with E-state index in [0.29, 0.717) is 0 Å². The van der Waals surface area contributed by atoms with E-state index in [-0.39, 0.29) is 5.78 Å². The maximum atomic E-state index is 14.1. The first kappa shape index (κ1) is 39.8. The molecule has 0 radical (unpaired) electrons. The monoisotopic (exact) mass is 769 g/mol. The Hall–Kier alpha value is -1.03. The van der Waals surface area contributed by atoms with Gasteiger partial charge in [-0.3, -0.25) is 4.79 Å². The van der Waals surface area contributed by atoms with Gasteiger partial charge >= 0.3 is 0 Å². The third kappa shape index (κ3) is 8.70. The van der Waals surface area contributed by atoms with Crippen LogP contribution in [0.15, 0.2) is 48.5 Å². The first-order valence-electron chi connectivity index (χ1n) is 24.1. The maximum Gasteiger partial charge on any atom is 0.193 e. The number of benzene rings is 2. The Bertz CT molecular complexity index is 1220. The molecule has 2 aromatic carbocycles. The molecule has 2 aromatic rings. The van der Waals surface area contributed by atoms with Gasteiger partial charge < -0.3 is 0 Å². The molecule has 6 aliphatic carbocycles. The predicted octanol–water partition coefficient (Wildman–Crippen LogP) is 15.9. The van der Waals surface area contributed by atoms with Crippen LogP contribution in [0, 0.1) is 0 Å². The molecule has 0 saturated heterocycles. The molecular weight excluding hydrogens is 691 g/mol. The number of rotatable bonds is 12. The fourth-order valence-electron chi connectivity index (χ4n) is 14.3. The van der Waals surface area contributed by atoms with Crippen molar-refractivity contribution in [2.24, 2.45) is 0 Å². The molecule has 0 bridgehead atoms. The first-order valence-corrected chi connectivity index (χ1v) is 28.5. The summed E-state index contributed by atoms with van der Waals surface area (Å²) in [6.07, 6.45) is 47.4. The van der Waals surface area contributed by atoms with Gasteiger partial charge in [0.1, 0.15) is 0 Å². The Labute approximate surface area is 333 Å². The van der Waals surface area contributed by atoms with Gasteiger partial charge in [0.05, 0.1) is 46.3 Å². The lowest BCUT2D eigenvalue weighted by atomic mass is 9.98. The summed E-state index contributed by atoms with van der Waals surface area (Å²) in [6, 6.07) is 18.6. The van der Waals surface area contributed by atoms with Crippen molar-refractivity contribution < 1.29 is 4.79 Å². The highest BCUT2D eigenvalue weighted by Gasteiger charge is 2.58. The van der Waals surface area contributed by atoms with Crippen molar-refractivity contribution in [3.8, 4) is 0 Å². The molecule has 8 rings (SSSR count). The van der Waals surface area contributed by atoms with Gasteiger partial charge in [0.15, 0.2) is 5.78 Å². The third-order valence-corrected chi connectivity index (χ3v) is 30.0. The summed E-state index contributed by atoms with van der Waals surface area (Å²) in [6.45, 7) is 0. The molecule has 0 aliphatic heterocycles. The molecule has 0 heterocycles. The van der Waals surface area contributed by atoms with E-state index in [2.05, 4.69) is 48.5 Å².